The van der Waals surface area contributed by atoms with Crippen molar-refractivity contribution in [2.24, 2.45) is 0 Å². The Kier molecular flexibility index (Phi) is 4.48. The zero-order valence-electron chi connectivity index (χ0n) is 13.3. The van der Waals surface area contributed by atoms with Crippen LogP contribution in [0.3, 0.4) is 0 Å². The van der Waals surface area contributed by atoms with Gasteiger partial charge in [-0.05, 0) is 50.1 Å². The summed E-state index contributed by atoms with van der Waals surface area (Å²) >= 11 is 1.62. The number of rotatable bonds is 4. The van der Waals surface area contributed by atoms with E-state index in [4.69, 9.17) is 0 Å². The van der Waals surface area contributed by atoms with Crippen LogP contribution in [0.2, 0.25) is 0 Å². The van der Waals surface area contributed by atoms with Crippen molar-refractivity contribution >= 4 is 11.8 Å². The molecule has 0 radical (unpaired) electrons. The third kappa shape index (κ3) is 3.29. The first-order chi connectivity index (χ1) is 11.1. The summed E-state index contributed by atoms with van der Waals surface area (Å²) < 4.78 is 15.1. The molecule has 0 spiro atoms. The van der Waals surface area contributed by atoms with E-state index < -0.39 is 0 Å². The van der Waals surface area contributed by atoms with E-state index in [1.54, 1.807) is 11.8 Å². The van der Waals surface area contributed by atoms with Gasteiger partial charge in [0.15, 0.2) is 5.16 Å². The van der Waals surface area contributed by atoms with Gasteiger partial charge in [-0.3, -0.25) is 4.57 Å². The molecule has 3 rings (SSSR count). The van der Waals surface area contributed by atoms with Crippen molar-refractivity contribution in [3.8, 4) is 5.69 Å². The number of aryl methyl sites for hydroxylation is 2. The molecular formula is C18H18FN3S. The van der Waals surface area contributed by atoms with Crippen molar-refractivity contribution in [2.75, 3.05) is 0 Å². The summed E-state index contributed by atoms with van der Waals surface area (Å²) in [6.07, 6.45) is 0. The van der Waals surface area contributed by atoms with Gasteiger partial charge in [-0.1, -0.05) is 42.1 Å². The largest absolute Gasteiger partial charge is 0.274 e. The quantitative estimate of drug-likeness (QED) is 0.640. The molecular weight excluding hydrogens is 309 g/mol. The number of thioether (sulfide) groups is 1. The van der Waals surface area contributed by atoms with E-state index in [0.717, 1.165) is 22.2 Å². The molecule has 5 heteroatoms. The minimum atomic E-state index is -0.218. The molecule has 0 N–H and O–H groups in total. The number of hydrogen-bond donors (Lipinski definition) is 0. The highest BCUT2D eigenvalue weighted by Crippen LogP contribution is 2.35. The molecule has 1 unspecified atom stereocenters. The lowest BCUT2D eigenvalue weighted by Gasteiger charge is -2.14. The molecule has 3 nitrogen and oxygen atoms in total. The minimum absolute atomic E-state index is 0.155. The summed E-state index contributed by atoms with van der Waals surface area (Å²) in [7, 11) is 0. The fraction of sp³-hybridized carbons (Fsp3) is 0.222. The van der Waals surface area contributed by atoms with Crippen LogP contribution in [0.25, 0.3) is 5.69 Å². The fourth-order valence-electron chi connectivity index (χ4n) is 2.47. The molecule has 0 bridgehead atoms. The van der Waals surface area contributed by atoms with E-state index in [2.05, 4.69) is 40.7 Å². The monoisotopic (exact) mass is 327 g/mol. The molecule has 0 saturated carbocycles. The van der Waals surface area contributed by atoms with Crippen molar-refractivity contribution in [1.29, 1.82) is 0 Å². The molecule has 0 amide bonds. The number of aromatic nitrogens is 3. The Morgan fingerprint density at radius 3 is 2.39 bits per heavy atom. The molecule has 0 fully saturated rings. The zero-order chi connectivity index (χ0) is 16.4. The van der Waals surface area contributed by atoms with Crippen LogP contribution in [0.5, 0.6) is 0 Å². The molecule has 23 heavy (non-hydrogen) atoms. The molecule has 1 aromatic heterocycles. The summed E-state index contributed by atoms with van der Waals surface area (Å²) in [6.45, 7) is 6.11. The third-order valence-electron chi connectivity index (χ3n) is 3.77. The molecule has 0 aliphatic carbocycles. The predicted molar refractivity (Wildman–Crippen MR) is 91.5 cm³/mol. The van der Waals surface area contributed by atoms with Gasteiger partial charge < -0.3 is 0 Å². The number of halogens is 1. The van der Waals surface area contributed by atoms with Gasteiger partial charge in [0.1, 0.15) is 11.6 Å². The molecule has 0 saturated heterocycles. The zero-order valence-corrected chi connectivity index (χ0v) is 14.1. The lowest BCUT2D eigenvalue weighted by molar-refractivity contribution is 0.627. The number of para-hydroxylation sites is 1. The maximum absolute atomic E-state index is 13.1. The van der Waals surface area contributed by atoms with Crippen LogP contribution >= 0.6 is 11.8 Å². The highest BCUT2D eigenvalue weighted by molar-refractivity contribution is 7.99. The summed E-state index contributed by atoms with van der Waals surface area (Å²) in [4.78, 5) is 0. The summed E-state index contributed by atoms with van der Waals surface area (Å²) in [6, 6.07) is 14.8. The van der Waals surface area contributed by atoms with Gasteiger partial charge in [0.2, 0.25) is 0 Å². The molecule has 0 aliphatic rings. The van der Waals surface area contributed by atoms with Gasteiger partial charge in [0, 0.05) is 5.25 Å². The Bertz CT molecular complexity index is 811. The van der Waals surface area contributed by atoms with Crippen molar-refractivity contribution in [3.05, 3.63) is 71.3 Å². The van der Waals surface area contributed by atoms with Gasteiger partial charge in [-0.15, -0.1) is 10.2 Å². The van der Waals surface area contributed by atoms with Crippen LogP contribution in [0.4, 0.5) is 4.39 Å². The maximum Gasteiger partial charge on any atom is 0.196 e. The third-order valence-corrected chi connectivity index (χ3v) is 4.87. The van der Waals surface area contributed by atoms with Crippen LogP contribution in [0, 0.1) is 19.7 Å². The van der Waals surface area contributed by atoms with Crippen molar-refractivity contribution in [2.45, 2.75) is 31.2 Å². The van der Waals surface area contributed by atoms with E-state index >= 15 is 0 Å². The smallest absolute Gasteiger partial charge is 0.196 e. The second kappa shape index (κ2) is 6.54. The van der Waals surface area contributed by atoms with Gasteiger partial charge in [-0.25, -0.2) is 4.39 Å². The lowest BCUT2D eigenvalue weighted by Crippen LogP contribution is -2.02. The molecule has 2 aromatic carbocycles. The van der Waals surface area contributed by atoms with Crippen LogP contribution in [-0.4, -0.2) is 14.8 Å². The maximum atomic E-state index is 13.1. The predicted octanol–water partition coefficient (Wildman–Crippen LogP) is 4.88. The first kappa shape index (κ1) is 15.7. The van der Waals surface area contributed by atoms with E-state index in [9.17, 15) is 4.39 Å². The second-order valence-electron chi connectivity index (χ2n) is 5.46. The number of hydrogen-bond acceptors (Lipinski definition) is 3. The Hall–Kier alpha value is -2.14. The summed E-state index contributed by atoms with van der Waals surface area (Å²) in [5, 5.41) is 9.54. The van der Waals surface area contributed by atoms with Gasteiger partial charge in [0.05, 0.1) is 5.69 Å². The first-order valence-electron chi connectivity index (χ1n) is 7.46. The average Bonchev–Trinajstić information content (AvgIpc) is 2.89. The standard InChI is InChI=1S/C18H18FN3S/c1-12-6-4-5-7-17(12)22-14(3)20-21-18(22)23-13(2)15-8-10-16(19)11-9-15/h4-11,13H,1-3H3. The van der Waals surface area contributed by atoms with Crippen LogP contribution < -0.4 is 0 Å². The SMILES string of the molecule is Cc1ccccc1-n1c(C)nnc1SC(C)c1ccc(F)cc1. The Balaban J connectivity index is 1.93. The Morgan fingerprint density at radius 2 is 1.70 bits per heavy atom. The van der Waals surface area contributed by atoms with E-state index in [1.165, 1.54) is 17.7 Å². The molecule has 0 aliphatic heterocycles. The first-order valence-corrected chi connectivity index (χ1v) is 8.34. The van der Waals surface area contributed by atoms with Gasteiger partial charge in [0.25, 0.3) is 0 Å². The van der Waals surface area contributed by atoms with Gasteiger partial charge >= 0.3 is 0 Å². The minimum Gasteiger partial charge on any atom is -0.274 e. The Morgan fingerprint density at radius 1 is 1.00 bits per heavy atom. The van der Waals surface area contributed by atoms with Crippen molar-refractivity contribution in [1.82, 2.24) is 14.8 Å². The highest BCUT2D eigenvalue weighted by atomic mass is 32.2. The van der Waals surface area contributed by atoms with Crippen molar-refractivity contribution < 1.29 is 4.39 Å². The van der Waals surface area contributed by atoms with E-state index in [0.29, 0.717) is 0 Å². The number of nitrogens with zero attached hydrogens (tertiary/aromatic N) is 3. The molecule has 3 aromatic rings. The van der Waals surface area contributed by atoms with Gasteiger partial charge in [-0.2, -0.15) is 0 Å². The average molecular weight is 327 g/mol. The summed E-state index contributed by atoms with van der Waals surface area (Å²) in [5.74, 6) is 0.637. The topological polar surface area (TPSA) is 30.7 Å². The summed E-state index contributed by atoms with van der Waals surface area (Å²) in [5.41, 5.74) is 3.32. The second-order valence-corrected chi connectivity index (χ2v) is 6.77. The van der Waals surface area contributed by atoms with Crippen LogP contribution in [-0.2, 0) is 0 Å². The molecule has 1 atom stereocenters. The van der Waals surface area contributed by atoms with E-state index in [1.807, 2.05) is 31.2 Å². The van der Waals surface area contributed by atoms with Crippen LogP contribution in [0.1, 0.15) is 29.1 Å². The highest BCUT2D eigenvalue weighted by Gasteiger charge is 2.17. The van der Waals surface area contributed by atoms with E-state index in [-0.39, 0.29) is 11.1 Å². The van der Waals surface area contributed by atoms with Crippen molar-refractivity contribution in [3.63, 3.8) is 0 Å². The lowest BCUT2D eigenvalue weighted by atomic mass is 10.2. The molecule has 1 heterocycles. The molecule has 118 valence electrons. The normalized spacial score (nSPS) is 12.3. The number of benzene rings is 2. The fourth-order valence-corrected chi connectivity index (χ4v) is 3.50. The Labute approximate surface area is 139 Å². The van der Waals surface area contributed by atoms with Crippen LogP contribution in [0.15, 0.2) is 53.7 Å².